The van der Waals surface area contributed by atoms with Crippen molar-refractivity contribution < 1.29 is 4.92 Å². The summed E-state index contributed by atoms with van der Waals surface area (Å²) < 4.78 is 0. The van der Waals surface area contributed by atoms with E-state index in [0.29, 0.717) is 0 Å². The Labute approximate surface area is 126 Å². The van der Waals surface area contributed by atoms with Crippen molar-refractivity contribution in [1.82, 2.24) is 4.90 Å². The molecule has 0 unspecified atom stereocenters. The van der Waals surface area contributed by atoms with Gasteiger partial charge in [0, 0.05) is 37.5 Å². The number of hydrogen-bond acceptors (Lipinski definition) is 4. The minimum Gasteiger partial charge on any atom is -0.385 e. The van der Waals surface area contributed by atoms with Crippen LogP contribution in [0.15, 0.2) is 18.2 Å². The Kier molecular flexibility index (Phi) is 5.56. The second-order valence-corrected chi connectivity index (χ2v) is 5.98. The normalized spacial score (nSPS) is 15.6. The average molecular weight is 291 g/mol. The minimum atomic E-state index is -0.323. The molecule has 0 radical (unpaired) electrons. The lowest BCUT2D eigenvalue weighted by molar-refractivity contribution is -0.384. The van der Waals surface area contributed by atoms with Crippen LogP contribution in [-0.4, -0.2) is 30.0 Å². The van der Waals surface area contributed by atoms with Crippen LogP contribution in [0.3, 0.4) is 0 Å². The lowest BCUT2D eigenvalue weighted by Gasteiger charge is -2.22. The van der Waals surface area contributed by atoms with Crippen molar-refractivity contribution >= 4 is 11.4 Å². The Morgan fingerprint density at radius 3 is 2.71 bits per heavy atom. The molecule has 0 saturated heterocycles. The van der Waals surface area contributed by atoms with Gasteiger partial charge in [0.1, 0.15) is 0 Å². The van der Waals surface area contributed by atoms with Gasteiger partial charge in [0.05, 0.1) is 4.92 Å². The summed E-state index contributed by atoms with van der Waals surface area (Å²) in [5.74, 6) is 0.788. The predicted molar refractivity (Wildman–Crippen MR) is 85.6 cm³/mol. The summed E-state index contributed by atoms with van der Waals surface area (Å²) >= 11 is 0. The van der Waals surface area contributed by atoms with E-state index >= 15 is 0 Å². The number of nitrogens with zero attached hydrogens (tertiary/aromatic N) is 2. The number of nitro groups is 1. The Hall–Kier alpha value is -1.62. The van der Waals surface area contributed by atoms with E-state index in [9.17, 15) is 10.1 Å². The lowest BCUT2D eigenvalue weighted by Crippen LogP contribution is -2.24. The fourth-order valence-corrected chi connectivity index (χ4v) is 3.18. The third kappa shape index (κ3) is 4.43. The highest BCUT2D eigenvalue weighted by molar-refractivity contribution is 5.56. The number of hydrogen-bond donors (Lipinski definition) is 1. The van der Waals surface area contributed by atoms with Gasteiger partial charge in [-0.05, 0) is 44.4 Å². The highest BCUT2D eigenvalue weighted by atomic mass is 16.6. The lowest BCUT2D eigenvalue weighted by atomic mass is 10.1. The Balaban J connectivity index is 2.07. The first kappa shape index (κ1) is 15.8. The average Bonchev–Trinajstić information content (AvgIpc) is 2.93. The first-order valence-electron chi connectivity index (χ1n) is 7.80. The maximum absolute atomic E-state index is 11.0. The molecule has 0 atom stereocenters. The molecular weight excluding hydrogens is 266 g/mol. The molecule has 2 rings (SSSR count). The highest BCUT2D eigenvalue weighted by Crippen LogP contribution is 2.27. The molecule has 0 heterocycles. The molecular formula is C16H25N3O2. The highest BCUT2D eigenvalue weighted by Gasteiger charge is 2.18. The molecule has 1 aromatic carbocycles. The fraction of sp³-hybridized carbons (Fsp3) is 0.625. The standard InChI is InChI=1S/C16H25N3O2/c1-3-17-16-9-8-15(19(20)21)10-14(16)12-18(2)11-13-6-4-5-7-13/h8-10,13,17H,3-7,11-12H2,1-2H3. The van der Waals surface area contributed by atoms with Crippen LogP contribution in [0.4, 0.5) is 11.4 Å². The van der Waals surface area contributed by atoms with E-state index in [4.69, 9.17) is 0 Å². The van der Waals surface area contributed by atoms with Crippen molar-refractivity contribution in [2.45, 2.75) is 39.2 Å². The quantitative estimate of drug-likeness (QED) is 0.615. The monoisotopic (exact) mass is 291 g/mol. The summed E-state index contributed by atoms with van der Waals surface area (Å²) in [5.41, 5.74) is 2.17. The SMILES string of the molecule is CCNc1ccc([N+](=O)[O-])cc1CN(C)CC1CCCC1. The minimum absolute atomic E-state index is 0.168. The van der Waals surface area contributed by atoms with Crippen LogP contribution in [0.5, 0.6) is 0 Å². The first-order chi connectivity index (χ1) is 10.1. The van der Waals surface area contributed by atoms with E-state index in [2.05, 4.69) is 17.3 Å². The van der Waals surface area contributed by atoms with Gasteiger partial charge in [-0.3, -0.25) is 10.1 Å². The van der Waals surface area contributed by atoms with E-state index in [-0.39, 0.29) is 10.6 Å². The van der Waals surface area contributed by atoms with E-state index in [1.807, 2.05) is 13.0 Å². The van der Waals surface area contributed by atoms with Crippen LogP contribution in [0, 0.1) is 16.0 Å². The largest absolute Gasteiger partial charge is 0.385 e. The molecule has 1 saturated carbocycles. The summed E-state index contributed by atoms with van der Waals surface area (Å²) in [7, 11) is 2.10. The Morgan fingerprint density at radius 1 is 1.38 bits per heavy atom. The second-order valence-electron chi connectivity index (χ2n) is 5.98. The zero-order chi connectivity index (χ0) is 15.2. The van der Waals surface area contributed by atoms with Gasteiger partial charge in [-0.15, -0.1) is 0 Å². The zero-order valence-electron chi connectivity index (χ0n) is 13.0. The van der Waals surface area contributed by atoms with E-state index in [0.717, 1.165) is 36.8 Å². The third-order valence-electron chi connectivity index (χ3n) is 4.15. The molecule has 1 fully saturated rings. The topological polar surface area (TPSA) is 58.4 Å². The van der Waals surface area contributed by atoms with Crippen molar-refractivity contribution in [3.63, 3.8) is 0 Å². The maximum atomic E-state index is 11.0. The molecule has 0 amide bonds. The number of nitrogens with one attached hydrogen (secondary N) is 1. The van der Waals surface area contributed by atoms with Crippen molar-refractivity contribution in [3.05, 3.63) is 33.9 Å². The number of anilines is 1. The van der Waals surface area contributed by atoms with Crippen LogP contribution >= 0.6 is 0 Å². The Morgan fingerprint density at radius 2 is 2.10 bits per heavy atom. The summed E-state index contributed by atoms with van der Waals surface area (Å²) in [5, 5.41) is 14.3. The molecule has 21 heavy (non-hydrogen) atoms. The molecule has 1 N–H and O–H groups in total. The van der Waals surface area contributed by atoms with Gasteiger partial charge < -0.3 is 10.2 Å². The van der Waals surface area contributed by atoms with Gasteiger partial charge in [0.15, 0.2) is 0 Å². The van der Waals surface area contributed by atoms with Gasteiger partial charge in [-0.25, -0.2) is 0 Å². The molecule has 5 nitrogen and oxygen atoms in total. The first-order valence-corrected chi connectivity index (χ1v) is 7.80. The van der Waals surface area contributed by atoms with Crippen molar-refractivity contribution in [1.29, 1.82) is 0 Å². The molecule has 0 bridgehead atoms. The molecule has 1 aromatic rings. The molecule has 1 aliphatic carbocycles. The van der Waals surface area contributed by atoms with Gasteiger partial charge in [-0.2, -0.15) is 0 Å². The van der Waals surface area contributed by atoms with E-state index < -0.39 is 0 Å². The smallest absolute Gasteiger partial charge is 0.269 e. The molecule has 0 aliphatic heterocycles. The summed E-state index contributed by atoms with van der Waals surface area (Å²) in [4.78, 5) is 12.9. The van der Waals surface area contributed by atoms with Crippen LogP contribution in [-0.2, 0) is 6.54 Å². The number of nitro benzene ring substituents is 1. The summed E-state index contributed by atoms with van der Waals surface area (Å²) in [6.45, 7) is 4.68. The van der Waals surface area contributed by atoms with Crippen LogP contribution < -0.4 is 5.32 Å². The van der Waals surface area contributed by atoms with E-state index in [1.165, 1.54) is 25.7 Å². The number of rotatable bonds is 7. The molecule has 5 heteroatoms. The maximum Gasteiger partial charge on any atom is 0.269 e. The van der Waals surface area contributed by atoms with E-state index in [1.54, 1.807) is 12.1 Å². The molecule has 1 aliphatic rings. The van der Waals surface area contributed by atoms with Crippen LogP contribution in [0.25, 0.3) is 0 Å². The number of non-ortho nitro benzene ring substituents is 1. The predicted octanol–water partition coefficient (Wildman–Crippen LogP) is 3.65. The Bertz CT molecular complexity index is 484. The molecule has 0 aromatic heterocycles. The van der Waals surface area contributed by atoms with Crippen molar-refractivity contribution in [3.8, 4) is 0 Å². The van der Waals surface area contributed by atoms with Gasteiger partial charge in [0.2, 0.25) is 0 Å². The van der Waals surface area contributed by atoms with Gasteiger partial charge >= 0.3 is 0 Å². The second kappa shape index (κ2) is 7.41. The molecule has 0 spiro atoms. The summed E-state index contributed by atoms with van der Waals surface area (Å²) in [6.07, 6.45) is 5.33. The third-order valence-corrected chi connectivity index (χ3v) is 4.15. The van der Waals surface area contributed by atoms with Crippen LogP contribution in [0.1, 0.15) is 38.2 Å². The number of benzene rings is 1. The van der Waals surface area contributed by atoms with Crippen molar-refractivity contribution in [2.24, 2.45) is 5.92 Å². The molecule has 116 valence electrons. The van der Waals surface area contributed by atoms with Gasteiger partial charge in [0.25, 0.3) is 5.69 Å². The fourth-order valence-electron chi connectivity index (χ4n) is 3.18. The summed E-state index contributed by atoms with van der Waals surface area (Å²) in [6, 6.07) is 5.09. The van der Waals surface area contributed by atoms with Crippen molar-refractivity contribution in [2.75, 3.05) is 25.5 Å². The zero-order valence-corrected chi connectivity index (χ0v) is 13.0. The van der Waals surface area contributed by atoms with Gasteiger partial charge in [-0.1, -0.05) is 12.8 Å². The van der Waals surface area contributed by atoms with Crippen LogP contribution in [0.2, 0.25) is 0 Å².